The average molecular weight is 323 g/mol. The van der Waals surface area contributed by atoms with E-state index in [-0.39, 0.29) is 5.92 Å². The lowest BCUT2D eigenvalue weighted by molar-refractivity contribution is 0.0820. The maximum absolute atomic E-state index is 12.8. The van der Waals surface area contributed by atoms with Gasteiger partial charge in [0.05, 0.1) is 0 Å². The molecule has 0 radical (unpaired) electrons. The number of aryl methyl sites for hydroxylation is 2. The number of ketones is 1. The number of benzene rings is 1. The zero-order chi connectivity index (χ0) is 14.0. The summed E-state index contributed by atoms with van der Waals surface area (Å²) in [7, 11) is 0. The van der Waals surface area contributed by atoms with E-state index < -0.39 is 0 Å². The Morgan fingerprint density at radius 1 is 1.21 bits per heavy atom. The molecule has 0 amide bonds. The second-order valence-electron chi connectivity index (χ2n) is 5.85. The Labute approximate surface area is 124 Å². The van der Waals surface area contributed by atoms with Crippen LogP contribution >= 0.6 is 15.9 Å². The van der Waals surface area contributed by atoms with E-state index in [0.717, 1.165) is 34.0 Å². The lowest BCUT2D eigenvalue weighted by atomic mass is 9.74. The summed E-state index contributed by atoms with van der Waals surface area (Å²) in [6.07, 6.45) is 5.93. The van der Waals surface area contributed by atoms with Crippen molar-refractivity contribution in [2.45, 2.75) is 52.9 Å². The molecule has 0 heterocycles. The predicted octanol–water partition coefficient (Wildman–Crippen LogP) is 5.47. The van der Waals surface area contributed by atoms with Crippen LogP contribution in [0.5, 0.6) is 0 Å². The smallest absolute Gasteiger partial charge is 0.166 e. The Morgan fingerprint density at radius 2 is 1.79 bits per heavy atom. The van der Waals surface area contributed by atoms with E-state index in [1.165, 1.54) is 19.3 Å². The third kappa shape index (κ3) is 3.10. The number of Topliss-reactive ketones (excluding diaryl/α,β-unsaturated/α-hetero) is 1. The monoisotopic (exact) mass is 322 g/mol. The first-order valence-electron chi connectivity index (χ1n) is 7.35. The van der Waals surface area contributed by atoms with Gasteiger partial charge in [0.2, 0.25) is 0 Å². The number of hydrogen-bond acceptors (Lipinski definition) is 1. The molecule has 0 saturated heterocycles. The van der Waals surface area contributed by atoms with Gasteiger partial charge in [-0.15, -0.1) is 0 Å². The number of rotatable bonds is 3. The Bertz CT molecular complexity index is 455. The molecule has 2 rings (SSSR count). The fourth-order valence-corrected chi connectivity index (χ4v) is 3.57. The van der Waals surface area contributed by atoms with Crippen molar-refractivity contribution in [1.29, 1.82) is 0 Å². The van der Waals surface area contributed by atoms with Crippen molar-refractivity contribution in [3.8, 4) is 0 Å². The van der Waals surface area contributed by atoms with Gasteiger partial charge in [0.15, 0.2) is 5.78 Å². The molecule has 1 saturated carbocycles. The van der Waals surface area contributed by atoms with E-state index >= 15 is 0 Å². The van der Waals surface area contributed by atoms with Crippen LogP contribution in [0.15, 0.2) is 16.6 Å². The van der Waals surface area contributed by atoms with Crippen LogP contribution < -0.4 is 0 Å². The van der Waals surface area contributed by atoms with E-state index in [4.69, 9.17) is 0 Å². The standard InChI is InChI=1S/C17H23BrO/c1-4-13-7-5-6-8-15(13)17(19)14-9-11(2)16(18)12(3)10-14/h9-10,13,15H,4-8H2,1-3H3. The molecular formula is C17H23BrO. The second-order valence-corrected chi connectivity index (χ2v) is 6.64. The molecule has 1 aromatic rings. The highest BCUT2D eigenvalue weighted by atomic mass is 79.9. The molecule has 2 unspecified atom stereocenters. The van der Waals surface area contributed by atoms with Gasteiger partial charge in [-0.05, 0) is 55.9 Å². The van der Waals surface area contributed by atoms with Crippen LogP contribution in [-0.2, 0) is 0 Å². The minimum Gasteiger partial charge on any atom is -0.294 e. The van der Waals surface area contributed by atoms with E-state index in [1.807, 2.05) is 12.1 Å². The van der Waals surface area contributed by atoms with Crippen molar-refractivity contribution in [3.63, 3.8) is 0 Å². The highest BCUT2D eigenvalue weighted by Crippen LogP contribution is 2.35. The van der Waals surface area contributed by atoms with Gasteiger partial charge in [-0.25, -0.2) is 0 Å². The zero-order valence-electron chi connectivity index (χ0n) is 12.1. The van der Waals surface area contributed by atoms with Gasteiger partial charge in [-0.1, -0.05) is 42.1 Å². The normalized spacial score (nSPS) is 23.4. The maximum Gasteiger partial charge on any atom is 0.166 e. The Morgan fingerprint density at radius 3 is 2.37 bits per heavy atom. The summed E-state index contributed by atoms with van der Waals surface area (Å²) in [6, 6.07) is 4.08. The molecule has 0 bridgehead atoms. The third-order valence-electron chi connectivity index (χ3n) is 4.49. The van der Waals surface area contributed by atoms with Crippen LogP contribution in [0.25, 0.3) is 0 Å². The summed E-state index contributed by atoms with van der Waals surface area (Å²) < 4.78 is 1.12. The molecule has 1 aliphatic rings. The first-order chi connectivity index (χ1) is 9.04. The van der Waals surface area contributed by atoms with Crippen LogP contribution in [0.2, 0.25) is 0 Å². The minimum absolute atomic E-state index is 0.249. The fourth-order valence-electron chi connectivity index (χ4n) is 3.34. The van der Waals surface area contributed by atoms with Gasteiger partial charge in [0.1, 0.15) is 0 Å². The molecule has 0 aliphatic heterocycles. The van der Waals surface area contributed by atoms with E-state index in [1.54, 1.807) is 0 Å². The minimum atomic E-state index is 0.249. The van der Waals surface area contributed by atoms with Gasteiger partial charge in [0.25, 0.3) is 0 Å². The fraction of sp³-hybridized carbons (Fsp3) is 0.588. The van der Waals surface area contributed by atoms with Crippen molar-refractivity contribution in [1.82, 2.24) is 0 Å². The molecule has 1 aromatic carbocycles. The summed E-state index contributed by atoms with van der Waals surface area (Å²) >= 11 is 3.57. The SMILES string of the molecule is CCC1CCCCC1C(=O)c1cc(C)c(Br)c(C)c1. The van der Waals surface area contributed by atoms with E-state index in [0.29, 0.717) is 11.7 Å². The van der Waals surface area contributed by atoms with Gasteiger partial charge in [-0.3, -0.25) is 4.79 Å². The lowest BCUT2D eigenvalue weighted by Crippen LogP contribution is -2.27. The molecule has 0 N–H and O–H groups in total. The van der Waals surface area contributed by atoms with Crippen LogP contribution in [0.4, 0.5) is 0 Å². The maximum atomic E-state index is 12.8. The molecule has 1 aliphatic carbocycles. The highest BCUT2D eigenvalue weighted by molar-refractivity contribution is 9.10. The molecule has 2 atom stereocenters. The summed E-state index contributed by atoms with van der Waals surface area (Å²) in [5, 5.41) is 0. The van der Waals surface area contributed by atoms with Gasteiger partial charge < -0.3 is 0 Å². The van der Waals surface area contributed by atoms with Gasteiger partial charge >= 0.3 is 0 Å². The summed E-state index contributed by atoms with van der Waals surface area (Å²) in [5.41, 5.74) is 3.22. The molecule has 104 valence electrons. The molecule has 0 spiro atoms. The van der Waals surface area contributed by atoms with Crippen molar-refractivity contribution in [2.24, 2.45) is 11.8 Å². The molecular weight excluding hydrogens is 300 g/mol. The quantitative estimate of drug-likeness (QED) is 0.675. The van der Waals surface area contributed by atoms with Crippen LogP contribution in [0.1, 0.15) is 60.5 Å². The Hall–Kier alpha value is -0.630. The molecule has 19 heavy (non-hydrogen) atoms. The van der Waals surface area contributed by atoms with E-state index in [9.17, 15) is 4.79 Å². The van der Waals surface area contributed by atoms with Crippen molar-refractivity contribution in [3.05, 3.63) is 33.3 Å². The molecule has 2 heteroatoms. The average Bonchev–Trinajstić information content (AvgIpc) is 2.43. The summed E-state index contributed by atoms with van der Waals surface area (Å²) in [5.74, 6) is 1.20. The summed E-state index contributed by atoms with van der Waals surface area (Å²) in [6.45, 7) is 6.34. The lowest BCUT2D eigenvalue weighted by Gasteiger charge is -2.30. The zero-order valence-corrected chi connectivity index (χ0v) is 13.7. The van der Waals surface area contributed by atoms with Crippen LogP contribution in [-0.4, -0.2) is 5.78 Å². The number of carbonyl (C=O) groups is 1. The number of hydrogen-bond donors (Lipinski definition) is 0. The summed E-state index contributed by atoms with van der Waals surface area (Å²) in [4.78, 5) is 12.8. The predicted molar refractivity (Wildman–Crippen MR) is 83.7 cm³/mol. The number of carbonyl (C=O) groups excluding carboxylic acids is 1. The molecule has 1 nitrogen and oxygen atoms in total. The number of halogens is 1. The van der Waals surface area contributed by atoms with Crippen molar-refractivity contribution < 1.29 is 4.79 Å². The largest absolute Gasteiger partial charge is 0.294 e. The molecule has 1 fully saturated rings. The van der Waals surface area contributed by atoms with Crippen molar-refractivity contribution in [2.75, 3.05) is 0 Å². The first-order valence-corrected chi connectivity index (χ1v) is 8.14. The first kappa shape index (κ1) is 14.8. The van der Waals surface area contributed by atoms with Crippen LogP contribution in [0.3, 0.4) is 0 Å². The topological polar surface area (TPSA) is 17.1 Å². The highest BCUT2D eigenvalue weighted by Gasteiger charge is 2.30. The van der Waals surface area contributed by atoms with Gasteiger partial charge in [0, 0.05) is 16.0 Å². The third-order valence-corrected chi connectivity index (χ3v) is 5.74. The second kappa shape index (κ2) is 6.21. The Balaban J connectivity index is 2.28. The van der Waals surface area contributed by atoms with Crippen molar-refractivity contribution >= 4 is 21.7 Å². The van der Waals surface area contributed by atoms with Gasteiger partial charge in [-0.2, -0.15) is 0 Å². The Kier molecular flexibility index (Phi) is 4.83. The van der Waals surface area contributed by atoms with Crippen LogP contribution in [0, 0.1) is 25.7 Å². The van der Waals surface area contributed by atoms with E-state index in [2.05, 4.69) is 36.7 Å². The molecule has 0 aromatic heterocycles.